The lowest BCUT2D eigenvalue weighted by Gasteiger charge is -2.24. The zero-order valence-electron chi connectivity index (χ0n) is 15.3. The molecule has 0 bridgehead atoms. The number of benzene rings is 2. The van der Waals surface area contributed by atoms with Gasteiger partial charge in [-0.15, -0.1) is 0 Å². The second kappa shape index (κ2) is 8.88. The Kier molecular flexibility index (Phi) is 6.80. The fourth-order valence-corrected chi connectivity index (χ4v) is 3.22. The lowest BCUT2D eigenvalue weighted by atomic mass is 9.80. The van der Waals surface area contributed by atoms with Crippen molar-refractivity contribution in [2.45, 2.75) is 25.7 Å². The Morgan fingerprint density at radius 1 is 1.21 bits per heavy atom. The minimum absolute atomic E-state index is 0. The first-order valence-corrected chi connectivity index (χ1v) is 8.69. The van der Waals surface area contributed by atoms with Gasteiger partial charge >= 0.3 is 0 Å². The van der Waals surface area contributed by atoms with Crippen LogP contribution in [0.1, 0.15) is 50.0 Å². The second-order valence-corrected chi connectivity index (χ2v) is 6.77. The molecular weight excluding hydrogens is 371 g/mol. The smallest absolute Gasteiger partial charge is 0.249 e. The summed E-state index contributed by atoms with van der Waals surface area (Å²) >= 11 is 0. The van der Waals surface area contributed by atoms with Crippen LogP contribution in [0.3, 0.4) is 0 Å². The monoisotopic (exact) mass is 397 g/mol. The summed E-state index contributed by atoms with van der Waals surface area (Å²) in [6, 6.07) is 4.82. The topological polar surface area (TPSA) is 113 Å². The number of primary amides is 1. The Morgan fingerprint density at radius 3 is 2.46 bits per heavy atom. The summed E-state index contributed by atoms with van der Waals surface area (Å²) in [6.07, 6.45) is 0.616. The number of hydrogen-bond donors (Lipinski definition) is 4. The third-order valence-electron chi connectivity index (χ3n) is 4.61. The van der Waals surface area contributed by atoms with Gasteiger partial charge in [0.25, 0.3) is 0 Å². The maximum atomic E-state index is 14.5. The van der Waals surface area contributed by atoms with Gasteiger partial charge in [-0.3, -0.25) is 4.79 Å². The number of halogens is 3. The van der Waals surface area contributed by atoms with Gasteiger partial charge in [-0.1, -0.05) is 13.0 Å². The number of nitrogens with one attached hydrogen (secondary N) is 1. The Labute approximate surface area is 163 Å². The van der Waals surface area contributed by atoms with Crippen LogP contribution < -0.4 is 11.5 Å². The maximum absolute atomic E-state index is 14.5. The molecule has 2 atom stereocenters. The summed E-state index contributed by atoms with van der Waals surface area (Å²) < 4.78 is 41.5. The van der Waals surface area contributed by atoms with Crippen molar-refractivity contribution in [1.82, 2.24) is 0 Å². The largest absolute Gasteiger partial charge is 0.398 e. The summed E-state index contributed by atoms with van der Waals surface area (Å²) in [5.41, 5.74) is 10.4. The van der Waals surface area contributed by atoms with E-state index in [-0.39, 0.29) is 49.9 Å². The molecule has 154 valence electrons. The molecule has 6 N–H and O–H groups in total. The number of anilines is 1. The van der Waals surface area contributed by atoms with Gasteiger partial charge < -0.3 is 22.0 Å². The molecule has 8 heteroatoms. The second-order valence-electron chi connectivity index (χ2n) is 6.77. The number of nitrogen functional groups attached to an aromatic ring is 1. The molecule has 0 spiro atoms. The van der Waals surface area contributed by atoms with E-state index < -0.39 is 29.3 Å². The normalized spacial score (nSPS) is 13.2. The summed E-state index contributed by atoms with van der Waals surface area (Å²) in [6.45, 7) is 1.71. The molecule has 0 fully saturated rings. The lowest BCUT2D eigenvalue weighted by molar-refractivity contribution is 0.0999. The van der Waals surface area contributed by atoms with Gasteiger partial charge in [-0.25, -0.2) is 13.2 Å². The van der Waals surface area contributed by atoms with E-state index in [1.54, 1.807) is 6.92 Å². The highest BCUT2D eigenvalue weighted by Crippen LogP contribution is 2.34. The molecule has 5 nitrogen and oxygen atoms in total. The number of nitrogens with two attached hydrogens (primary N) is 2. The van der Waals surface area contributed by atoms with Crippen molar-refractivity contribution in [3.05, 3.63) is 64.5 Å². The summed E-state index contributed by atoms with van der Waals surface area (Å²) in [5, 5.41) is 17.8. The van der Waals surface area contributed by atoms with Gasteiger partial charge in [-0.2, -0.15) is 0 Å². The van der Waals surface area contributed by atoms with Gasteiger partial charge in [0.05, 0.1) is 5.56 Å². The number of aliphatic hydroxyl groups excluding tert-OH is 1. The van der Waals surface area contributed by atoms with Gasteiger partial charge in [0.1, 0.15) is 17.5 Å². The van der Waals surface area contributed by atoms with Gasteiger partial charge in [0, 0.05) is 38.4 Å². The summed E-state index contributed by atoms with van der Waals surface area (Å²) in [7, 11) is 0. The number of amides is 1. The summed E-state index contributed by atoms with van der Waals surface area (Å²) in [5.74, 6) is -4.43. The van der Waals surface area contributed by atoms with E-state index in [2.05, 4.69) is 0 Å². The van der Waals surface area contributed by atoms with E-state index in [0.717, 1.165) is 18.2 Å². The van der Waals surface area contributed by atoms with Crippen molar-refractivity contribution < 1.29 is 25.9 Å². The van der Waals surface area contributed by atoms with Crippen LogP contribution >= 0.6 is 0 Å². The van der Waals surface area contributed by atoms with E-state index >= 15 is 0 Å². The van der Waals surface area contributed by atoms with Crippen LogP contribution in [0.25, 0.3) is 0 Å². The predicted molar refractivity (Wildman–Crippen MR) is 105 cm³/mol. The predicted octanol–water partition coefficient (Wildman–Crippen LogP) is 3.84. The average molecular weight is 397 g/mol. The molecule has 2 rings (SSSR count). The molecule has 0 saturated carbocycles. The molecule has 0 radical (unpaired) electrons. The highest BCUT2D eigenvalue weighted by Gasteiger charge is 2.28. The first kappa shape index (κ1) is 21.4. The lowest BCUT2D eigenvalue weighted by Crippen LogP contribution is -2.24. The maximum Gasteiger partial charge on any atom is 0.249 e. The van der Waals surface area contributed by atoms with Crippen molar-refractivity contribution in [2.75, 3.05) is 12.3 Å². The van der Waals surface area contributed by atoms with Crippen LogP contribution in [0.4, 0.5) is 18.9 Å². The van der Waals surface area contributed by atoms with E-state index in [4.69, 9.17) is 22.0 Å². The van der Waals surface area contributed by atoms with Crippen molar-refractivity contribution >= 4 is 17.3 Å². The molecule has 0 aliphatic heterocycles. The van der Waals surface area contributed by atoms with Crippen LogP contribution in [-0.2, 0) is 0 Å². The van der Waals surface area contributed by atoms with Crippen molar-refractivity contribution in [3.63, 3.8) is 0 Å². The molecule has 28 heavy (non-hydrogen) atoms. The highest BCUT2D eigenvalue weighted by atomic mass is 19.1. The molecule has 2 aromatic rings. The standard InChI is InChI=1S/C20H22F3N3O2.2H2/c1-10(4-5-27)6-14(13-3-2-11(21)8-16(13)23)19(25)18-15(20(26)28)7-12(22)9-17(18)24;;/h2-3,7-10,14,25,27H,4-6,24H2,1H3,(H2,26,28);2*1H/t10-,14+;;/m0../s1. The molecule has 0 saturated heterocycles. The minimum atomic E-state index is -0.979. The number of rotatable bonds is 8. The number of carbonyl (C=O) groups is 1. The van der Waals surface area contributed by atoms with Crippen LogP contribution in [0.5, 0.6) is 0 Å². The van der Waals surface area contributed by atoms with Crippen LogP contribution in [0, 0.1) is 28.8 Å². The molecular formula is C20H26F3N3O2. The van der Waals surface area contributed by atoms with Crippen molar-refractivity contribution in [3.8, 4) is 0 Å². The van der Waals surface area contributed by atoms with Crippen molar-refractivity contribution in [2.24, 2.45) is 11.7 Å². The zero-order valence-corrected chi connectivity index (χ0v) is 15.3. The fraction of sp³-hybridized carbons (Fsp3) is 0.300. The third kappa shape index (κ3) is 4.69. The van der Waals surface area contributed by atoms with E-state index in [0.29, 0.717) is 12.5 Å². The molecule has 0 aliphatic rings. The van der Waals surface area contributed by atoms with Gasteiger partial charge in [0.2, 0.25) is 5.91 Å². The fourth-order valence-electron chi connectivity index (χ4n) is 3.22. The van der Waals surface area contributed by atoms with Crippen molar-refractivity contribution in [1.29, 1.82) is 5.41 Å². The number of aliphatic hydroxyl groups is 1. The summed E-state index contributed by atoms with van der Waals surface area (Å²) in [4.78, 5) is 11.8. The van der Waals surface area contributed by atoms with E-state index in [9.17, 15) is 18.0 Å². The zero-order chi connectivity index (χ0) is 21.0. The number of hydrogen-bond acceptors (Lipinski definition) is 4. The van der Waals surface area contributed by atoms with Crippen LogP contribution in [0.2, 0.25) is 0 Å². The molecule has 0 aromatic heterocycles. The van der Waals surface area contributed by atoms with Gasteiger partial charge in [0.15, 0.2) is 0 Å². The minimum Gasteiger partial charge on any atom is -0.398 e. The molecule has 1 amide bonds. The highest BCUT2D eigenvalue weighted by molar-refractivity contribution is 6.14. The Morgan fingerprint density at radius 2 is 1.89 bits per heavy atom. The Hall–Kier alpha value is -2.87. The van der Waals surface area contributed by atoms with Gasteiger partial charge in [-0.05, 0) is 42.5 Å². The SMILES string of the molecule is C[C@@H](CCO)C[C@@H](C(=N)c1c(N)cc(F)cc1C(N)=O)c1ccc(F)cc1F.[HH].[HH]. The Bertz CT molecular complexity index is 913. The molecule has 0 heterocycles. The van der Waals surface area contributed by atoms with E-state index in [1.165, 1.54) is 6.07 Å². The molecule has 0 unspecified atom stereocenters. The average Bonchev–Trinajstić information content (AvgIpc) is 2.59. The Balaban J connectivity index is 0.00000420. The quantitative estimate of drug-likeness (QED) is 0.401. The first-order valence-electron chi connectivity index (χ1n) is 8.69. The number of carbonyl (C=O) groups excluding carboxylic acids is 1. The first-order chi connectivity index (χ1) is 13.1. The molecule has 2 aromatic carbocycles. The van der Waals surface area contributed by atoms with E-state index in [1.807, 2.05) is 0 Å². The third-order valence-corrected chi connectivity index (χ3v) is 4.61. The van der Waals surface area contributed by atoms with Crippen LogP contribution in [-0.4, -0.2) is 23.3 Å². The molecule has 0 aliphatic carbocycles. The van der Waals surface area contributed by atoms with Crippen LogP contribution in [0.15, 0.2) is 30.3 Å².